The number of hydrogen-bond donors (Lipinski definition) is 1. The summed E-state index contributed by atoms with van der Waals surface area (Å²) in [6, 6.07) is 4.27. The maximum atomic E-state index is 3.40. The molecule has 13 heavy (non-hydrogen) atoms. The minimum absolute atomic E-state index is 1.05. The average Bonchev–Trinajstić information content (AvgIpc) is 2.42. The van der Waals surface area contributed by atoms with Gasteiger partial charge in [0.15, 0.2) is 0 Å². The van der Waals surface area contributed by atoms with Crippen LogP contribution in [0.15, 0.2) is 12.1 Å². The van der Waals surface area contributed by atoms with Gasteiger partial charge in [-0.05, 0) is 44.4 Å². The number of aromatic nitrogens is 1. The lowest BCUT2D eigenvalue weighted by molar-refractivity contribution is 0.774. The standard InChI is InChI=1S/C10H18N2S/c1-9-5-6-10(2)12(9)11-7-4-8-13-3/h5-6,11H,4,7-8H2,1-3H3. The Labute approximate surface area is 84.7 Å². The van der Waals surface area contributed by atoms with E-state index in [1.807, 2.05) is 11.8 Å². The van der Waals surface area contributed by atoms with E-state index in [4.69, 9.17) is 0 Å². The Morgan fingerprint density at radius 2 is 1.92 bits per heavy atom. The van der Waals surface area contributed by atoms with Gasteiger partial charge < -0.3 is 5.43 Å². The van der Waals surface area contributed by atoms with E-state index in [0.29, 0.717) is 0 Å². The van der Waals surface area contributed by atoms with Crippen molar-refractivity contribution >= 4 is 11.8 Å². The van der Waals surface area contributed by atoms with Gasteiger partial charge in [0.25, 0.3) is 0 Å². The predicted octanol–water partition coefficient (Wildman–Crippen LogP) is 2.40. The molecule has 1 N–H and O–H groups in total. The van der Waals surface area contributed by atoms with Gasteiger partial charge in [0.2, 0.25) is 0 Å². The molecule has 0 aliphatic heterocycles. The number of aryl methyl sites for hydroxylation is 2. The van der Waals surface area contributed by atoms with Crippen molar-refractivity contribution in [1.82, 2.24) is 4.68 Å². The lowest BCUT2D eigenvalue weighted by Gasteiger charge is -2.11. The molecule has 0 bridgehead atoms. The van der Waals surface area contributed by atoms with E-state index in [-0.39, 0.29) is 0 Å². The number of hydrogen-bond acceptors (Lipinski definition) is 2. The van der Waals surface area contributed by atoms with Crippen molar-refractivity contribution in [3.05, 3.63) is 23.5 Å². The maximum absolute atomic E-state index is 3.40. The quantitative estimate of drug-likeness (QED) is 0.732. The molecule has 1 aromatic heterocycles. The van der Waals surface area contributed by atoms with Crippen LogP contribution in [0.1, 0.15) is 17.8 Å². The van der Waals surface area contributed by atoms with Crippen LogP contribution in [0, 0.1) is 13.8 Å². The summed E-state index contributed by atoms with van der Waals surface area (Å²) in [4.78, 5) is 0. The van der Waals surface area contributed by atoms with Crippen molar-refractivity contribution in [1.29, 1.82) is 0 Å². The van der Waals surface area contributed by atoms with E-state index in [0.717, 1.165) is 6.54 Å². The average molecular weight is 198 g/mol. The number of rotatable bonds is 5. The predicted molar refractivity (Wildman–Crippen MR) is 61.1 cm³/mol. The van der Waals surface area contributed by atoms with Crippen molar-refractivity contribution in [3.8, 4) is 0 Å². The summed E-state index contributed by atoms with van der Waals surface area (Å²) in [6.07, 6.45) is 3.37. The van der Waals surface area contributed by atoms with Gasteiger partial charge in [-0.1, -0.05) is 0 Å². The van der Waals surface area contributed by atoms with Crippen molar-refractivity contribution in [2.24, 2.45) is 0 Å². The molecule has 74 valence electrons. The maximum Gasteiger partial charge on any atom is 0.0366 e. The molecule has 0 spiro atoms. The van der Waals surface area contributed by atoms with Crippen LogP contribution in [0.25, 0.3) is 0 Å². The zero-order valence-electron chi connectivity index (χ0n) is 8.63. The van der Waals surface area contributed by atoms with Crippen LogP contribution < -0.4 is 5.43 Å². The smallest absolute Gasteiger partial charge is 0.0366 e. The lowest BCUT2D eigenvalue weighted by Crippen LogP contribution is -2.18. The molecule has 0 aliphatic carbocycles. The highest BCUT2D eigenvalue weighted by molar-refractivity contribution is 7.98. The molecule has 1 rings (SSSR count). The van der Waals surface area contributed by atoms with Crippen LogP contribution in [0.2, 0.25) is 0 Å². The molecule has 1 heterocycles. The Morgan fingerprint density at radius 3 is 2.46 bits per heavy atom. The third-order valence-electron chi connectivity index (χ3n) is 2.07. The minimum atomic E-state index is 1.05. The first-order chi connectivity index (χ1) is 6.25. The van der Waals surface area contributed by atoms with E-state index in [1.54, 1.807) is 0 Å². The van der Waals surface area contributed by atoms with Gasteiger partial charge in [0.1, 0.15) is 0 Å². The number of thioether (sulfide) groups is 1. The highest BCUT2D eigenvalue weighted by Gasteiger charge is 1.98. The second-order valence-electron chi connectivity index (χ2n) is 3.21. The van der Waals surface area contributed by atoms with Crippen LogP contribution in [-0.2, 0) is 0 Å². The van der Waals surface area contributed by atoms with Crippen molar-refractivity contribution in [2.75, 3.05) is 24.0 Å². The summed E-state index contributed by atoms with van der Waals surface area (Å²) in [6.45, 7) is 5.29. The monoisotopic (exact) mass is 198 g/mol. The van der Waals surface area contributed by atoms with Gasteiger partial charge in [-0.2, -0.15) is 11.8 Å². The Bertz CT molecular complexity index is 236. The molecule has 0 saturated heterocycles. The Hall–Kier alpha value is -0.570. The zero-order valence-corrected chi connectivity index (χ0v) is 9.45. The summed E-state index contributed by atoms with van der Waals surface area (Å²) in [5.74, 6) is 1.23. The van der Waals surface area contributed by atoms with Gasteiger partial charge in [-0.15, -0.1) is 0 Å². The van der Waals surface area contributed by atoms with Gasteiger partial charge in [-0.3, -0.25) is 4.68 Å². The summed E-state index contributed by atoms with van der Waals surface area (Å²) in [7, 11) is 0. The van der Waals surface area contributed by atoms with Crippen molar-refractivity contribution in [3.63, 3.8) is 0 Å². The van der Waals surface area contributed by atoms with E-state index >= 15 is 0 Å². The number of nitrogens with zero attached hydrogens (tertiary/aromatic N) is 1. The Kier molecular flexibility index (Phi) is 4.22. The number of nitrogens with one attached hydrogen (secondary N) is 1. The first-order valence-corrected chi connectivity index (χ1v) is 6.03. The van der Waals surface area contributed by atoms with E-state index < -0.39 is 0 Å². The molecular weight excluding hydrogens is 180 g/mol. The van der Waals surface area contributed by atoms with Crippen molar-refractivity contribution in [2.45, 2.75) is 20.3 Å². The lowest BCUT2D eigenvalue weighted by atomic mass is 10.5. The fourth-order valence-corrected chi connectivity index (χ4v) is 1.76. The van der Waals surface area contributed by atoms with Gasteiger partial charge in [0.05, 0.1) is 0 Å². The molecule has 1 aromatic rings. The van der Waals surface area contributed by atoms with Crippen LogP contribution in [0.4, 0.5) is 0 Å². The van der Waals surface area contributed by atoms with Gasteiger partial charge in [0, 0.05) is 17.9 Å². The fourth-order valence-electron chi connectivity index (χ4n) is 1.33. The third-order valence-corrected chi connectivity index (χ3v) is 2.76. The molecule has 0 amide bonds. The first kappa shape index (κ1) is 10.5. The first-order valence-electron chi connectivity index (χ1n) is 4.63. The topological polar surface area (TPSA) is 17.0 Å². The Morgan fingerprint density at radius 1 is 1.31 bits per heavy atom. The second-order valence-corrected chi connectivity index (χ2v) is 4.19. The summed E-state index contributed by atoms with van der Waals surface area (Å²) in [5, 5.41) is 0. The SMILES string of the molecule is CSCCCNn1c(C)ccc1C. The van der Waals surface area contributed by atoms with Crippen LogP contribution in [0.3, 0.4) is 0 Å². The minimum Gasteiger partial charge on any atom is -0.326 e. The van der Waals surface area contributed by atoms with Gasteiger partial charge in [-0.25, -0.2) is 0 Å². The molecule has 0 fully saturated rings. The van der Waals surface area contributed by atoms with E-state index in [1.165, 1.54) is 23.6 Å². The van der Waals surface area contributed by atoms with Crippen LogP contribution in [0.5, 0.6) is 0 Å². The molecule has 2 nitrogen and oxygen atoms in total. The van der Waals surface area contributed by atoms with Crippen LogP contribution >= 0.6 is 11.8 Å². The molecule has 3 heteroatoms. The molecule has 0 saturated carbocycles. The van der Waals surface area contributed by atoms with Gasteiger partial charge >= 0.3 is 0 Å². The van der Waals surface area contributed by atoms with Crippen LogP contribution in [-0.4, -0.2) is 23.2 Å². The zero-order chi connectivity index (χ0) is 9.68. The normalized spacial score (nSPS) is 10.4. The third kappa shape index (κ3) is 2.99. The molecule has 0 aliphatic rings. The van der Waals surface area contributed by atoms with Crippen molar-refractivity contribution < 1.29 is 0 Å². The molecule has 0 aromatic carbocycles. The Balaban J connectivity index is 2.36. The summed E-state index contributed by atoms with van der Waals surface area (Å²) >= 11 is 1.90. The highest BCUT2D eigenvalue weighted by atomic mass is 32.2. The van der Waals surface area contributed by atoms with E-state index in [9.17, 15) is 0 Å². The highest BCUT2D eigenvalue weighted by Crippen LogP contribution is 2.04. The summed E-state index contributed by atoms with van der Waals surface area (Å²) in [5.41, 5.74) is 5.96. The van der Waals surface area contributed by atoms with E-state index in [2.05, 4.69) is 42.3 Å². The molecule has 0 atom stereocenters. The molecule has 0 radical (unpaired) electrons. The molecular formula is C10H18N2S. The molecule has 0 unspecified atom stereocenters. The second kappa shape index (κ2) is 5.22. The largest absolute Gasteiger partial charge is 0.326 e. The fraction of sp³-hybridized carbons (Fsp3) is 0.600. The summed E-state index contributed by atoms with van der Waals surface area (Å²) < 4.78 is 2.15.